The van der Waals surface area contributed by atoms with Gasteiger partial charge in [-0.25, -0.2) is 0 Å². The molecule has 2 unspecified atom stereocenters. The molecule has 62 valence electrons. The third-order valence-electron chi connectivity index (χ3n) is 3.02. The lowest BCUT2D eigenvalue weighted by Crippen LogP contribution is -2.50. The van der Waals surface area contributed by atoms with Crippen LogP contribution in [0.4, 0.5) is 0 Å². The van der Waals surface area contributed by atoms with Crippen LogP contribution in [0.1, 0.15) is 33.6 Å². The van der Waals surface area contributed by atoms with E-state index in [2.05, 4.69) is 32.9 Å². The predicted octanol–water partition coefficient (Wildman–Crippen LogP) is 2.52. The second-order valence-electron chi connectivity index (χ2n) is 4.52. The number of hydrogen-bond acceptors (Lipinski definition) is 1. The van der Waals surface area contributed by atoms with Gasteiger partial charge in [-0.15, -0.1) is 0 Å². The summed E-state index contributed by atoms with van der Waals surface area (Å²) < 4.78 is 5.97. The maximum Gasteiger partial charge on any atom is 0.0842 e. The maximum absolute atomic E-state index is 5.97. The molecule has 2 heterocycles. The number of rotatable bonds is 0. The van der Waals surface area contributed by atoms with Crippen LogP contribution in [-0.4, -0.2) is 11.2 Å². The molecular formula is C10H16O. The molecule has 0 spiro atoms. The van der Waals surface area contributed by atoms with E-state index < -0.39 is 0 Å². The van der Waals surface area contributed by atoms with Crippen molar-refractivity contribution in [3.05, 3.63) is 12.2 Å². The van der Waals surface area contributed by atoms with Crippen molar-refractivity contribution < 1.29 is 4.74 Å². The highest BCUT2D eigenvalue weighted by Gasteiger charge is 2.44. The molecule has 0 amide bonds. The lowest BCUT2D eigenvalue weighted by atomic mass is 9.74. The second-order valence-corrected chi connectivity index (χ2v) is 4.52. The molecule has 2 bridgehead atoms. The topological polar surface area (TPSA) is 9.23 Å². The Kier molecular flexibility index (Phi) is 1.26. The fourth-order valence-corrected chi connectivity index (χ4v) is 2.28. The molecule has 0 aromatic carbocycles. The van der Waals surface area contributed by atoms with E-state index in [9.17, 15) is 0 Å². The summed E-state index contributed by atoms with van der Waals surface area (Å²) in [5, 5.41) is 0. The van der Waals surface area contributed by atoms with E-state index in [-0.39, 0.29) is 11.2 Å². The third-order valence-corrected chi connectivity index (χ3v) is 3.02. The van der Waals surface area contributed by atoms with Gasteiger partial charge >= 0.3 is 0 Å². The fraction of sp³-hybridized carbons (Fsp3) is 0.800. The first-order valence-corrected chi connectivity index (χ1v) is 4.41. The zero-order valence-electron chi connectivity index (χ0n) is 7.55. The monoisotopic (exact) mass is 152 g/mol. The van der Waals surface area contributed by atoms with Crippen molar-refractivity contribution in [1.29, 1.82) is 0 Å². The van der Waals surface area contributed by atoms with Gasteiger partial charge in [-0.05, 0) is 33.6 Å². The van der Waals surface area contributed by atoms with Crippen molar-refractivity contribution in [3.63, 3.8) is 0 Å². The quantitative estimate of drug-likeness (QED) is 0.485. The summed E-state index contributed by atoms with van der Waals surface area (Å²) in [5.41, 5.74) is 0.111. The van der Waals surface area contributed by atoms with E-state index in [1.807, 2.05) is 0 Å². The summed E-state index contributed by atoms with van der Waals surface area (Å²) in [6.45, 7) is 6.57. The molecule has 1 aliphatic carbocycles. The first-order chi connectivity index (χ1) is 5.02. The van der Waals surface area contributed by atoms with Crippen molar-refractivity contribution >= 4 is 0 Å². The Labute approximate surface area is 68.4 Å². The molecule has 3 rings (SSSR count). The van der Waals surface area contributed by atoms with Gasteiger partial charge in [0, 0.05) is 5.92 Å². The van der Waals surface area contributed by atoms with Crippen molar-refractivity contribution in [2.75, 3.05) is 0 Å². The summed E-state index contributed by atoms with van der Waals surface area (Å²) >= 11 is 0. The molecule has 1 saturated heterocycles. The minimum absolute atomic E-state index is 0.0399. The van der Waals surface area contributed by atoms with Gasteiger partial charge in [-0.2, -0.15) is 0 Å². The van der Waals surface area contributed by atoms with Gasteiger partial charge in [-0.1, -0.05) is 12.2 Å². The van der Waals surface area contributed by atoms with Crippen molar-refractivity contribution in [3.8, 4) is 0 Å². The molecule has 11 heavy (non-hydrogen) atoms. The predicted molar refractivity (Wildman–Crippen MR) is 45.4 cm³/mol. The minimum atomic E-state index is 0.0399. The van der Waals surface area contributed by atoms with Gasteiger partial charge < -0.3 is 4.74 Å². The van der Waals surface area contributed by atoms with E-state index in [0.717, 1.165) is 0 Å². The normalized spacial score (nSPS) is 46.3. The van der Waals surface area contributed by atoms with E-state index in [0.29, 0.717) is 5.92 Å². The number of ether oxygens (including phenoxy) is 1. The van der Waals surface area contributed by atoms with Crippen LogP contribution in [0.15, 0.2) is 12.2 Å². The van der Waals surface area contributed by atoms with Gasteiger partial charge in [0.15, 0.2) is 0 Å². The van der Waals surface area contributed by atoms with Crippen LogP contribution in [0.5, 0.6) is 0 Å². The first kappa shape index (κ1) is 7.35. The van der Waals surface area contributed by atoms with Crippen LogP contribution in [-0.2, 0) is 4.74 Å². The number of hydrogen-bond donors (Lipinski definition) is 0. The summed E-state index contributed by atoms with van der Waals surface area (Å²) in [5.74, 6) is 0.643. The Morgan fingerprint density at radius 1 is 1.36 bits per heavy atom. The van der Waals surface area contributed by atoms with Gasteiger partial charge in [0.2, 0.25) is 0 Å². The van der Waals surface area contributed by atoms with Gasteiger partial charge in [-0.3, -0.25) is 0 Å². The Balaban J connectivity index is 2.34. The van der Waals surface area contributed by atoms with Crippen LogP contribution in [0.3, 0.4) is 0 Å². The molecule has 0 aromatic rings. The van der Waals surface area contributed by atoms with Crippen molar-refractivity contribution in [2.45, 2.75) is 44.8 Å². The first-order valence-electron chi connectivity index (χ1n) is 4.41. The number of fused-ring (bicyclic) bond motifs is 2. The Morgan fingerprint density at radius 3 is 2.36 bits per heavy atom. The standard InChI is InChI=1S/C10H16O/c1-9(2)8-4-6-10(3,11-9)7-5-8/h4,6,8H,5,7H2,1-3H3. The molecule has 1 nitrogen and oxygen atoms in total. The fourth-order valence-electron chi connectivity index (χ4n) is 2.28. The molecule has 1 heteroatoms. The van der Waals surface area contributed by atoms with Crippen molar-refractivity contribution in [1.82, 2.24) is 0 Å². The molecule has 0 aromatic heterocycles. The average molecular weight is 152 g/mol. The second kappa shape index (κ2) is 1.89. The molecule has 0 N–H and O–H groups in total. The molecule has 0 saturated carbocycles. The largest absolute Gasteiger partial charge is 0.365 e. The zero-order valence-corrected chi connectivity index (χ0v) is 7.55. The van der Waals surface area contributed by atoms with Crippen LogP contribution in [0.2, 0.25) is 0 Å². The zero-order chi connectivity index (χ0) is 8.11. The highest BCUT2D eigenvalue weighted by molar-refractivity contribution is 5.15. The molecule has 3 aliphatic rings. The summed E-state index contributed by atoms with van der Waals surface area (Å²) in [4.78, 5) is 0. The lowest BCUT2D eigenvalue weighted by molar-refractivity contribution is -0.171. The average Bonchev–Trinajstić information content (AvgIpc) is 1.84. The smallest absolute Gasteiger partial charge is 0.0842 e. The van der Waals surface area contributed by atoms with Gasteiger partial charge in [0.1, 0.15) is 0 Å². The lowest BCUT2D eigenvalue weighted by Gasteiger charge is -2.50. The molecule has 0 radical (unpaired) electrons. The highest BCUT2D eigenvalue weighted by atomic mass is 16.5. The van der Waals surface area contributed by atoms with Crippen LogP contribution in [0.25, 0.3) is 0 Å². The van der Waals surface area contributed by atoms with Crippen LogP contribution in [0, 0.1) is 5.92 Å². The van der Waals surface area contributed by atoms with Gasteiger partial charge in [0.05, 0.1) is 11.2 Å². The summed E-state index contributed by atoms with van der Waals surface area (Å²) in [7, 11) is 0. The summed E-state index contributed by atoms with van der Waals surface area (Å²) in [6.07, 6.45) is 7.04. The molecule has 2 aliphatic heterocycles. The Hall–Kier alpha value is -0.300. The highest BCUT2D eigenvalue weighted by Crippen LogP contribution is 2.44. The SMILES string of the molecule is CC12C=CC(CC1)C(C)(C)O2. The summed E-state index contributed by atoms with van der Waals surface area (Å²) in [6, 6.07) is 0. The maximum atomic E-state index is 5.97. The third kappa shape index (κ3) is 1.02. The van der Waals surface area contributed by atoms with Crippen LogP contribution < -0.4 is 0 Å². The minimum Gasteiger partial charge on any atom is -0.365 e. The molecule has 1 fully saturated rings. The van der Waals surface area contributed by atoms with E-state index in [4.69, 9.17) is 4.74 Å². The Morgan fingerprint density at radius 2 is 2.09 bits per heavy atom. The van der Waals surface area contributed by atoms with Crippen molar-refractivity contribution in [2.24, 2.45) is 5.92 Å². The van der Waals surface area contributed by atoms with Gasteiger partial charge in [0.25, 0.3) is 0 Å². The molecular weight excluding hydrogens is 136 g/mol. The van der Waals surface area contributed by atoms with Crippen LogP contribution >= 0.6 is 0 Å². The van der Waals surface area contributed by atoms with E-state index in [1.54, 1.807) is 0 Å². The van der Waals surface area contributed by atoms with E-state index in [1.165, 1.54) is 12.8 Å². The van der Waals surface area contributed by atoms with E-state index >= 15 is 0 Å². The molecule has 2 atom stereocenters. The Bertz CT molecular complexity index is 205.